The van der Waals surface area contributed by atoms with Crippen LogP contribution in [0, 0.1) is 0 Å². The highest BCUT2D eigenvalue weighted by Crippen LogP contribution is 2.42. The van der Waals surface area contributed by atoms with E-state index in [-0.39, 0.29) is 0 Å². The minimum Gasteiger partial charge on any atom is -0.309 e. The maximum atomic E-state index is 5.61. The number of benzene rings is 12. The third kappa shape index (κ3) is 6.66. The molecule has 0 saturated carbocycles. The van der Waals surface area contributed by atoms with Crippen molar-refractivity contribution in [2.24, 2.45) is 0 Å². The summed E-state index contributed by atoms with van der Waals surface area (Å²) in [5, 5.41) is 10.6. The van der Waals surface area contributed by atoms with Crippen LogP contribution in [0.2, 0.25) is 0 Å². The summed E-state index contributed by atoms with van der Waals surface area (Å²) in [5.41, 5.74) is 19.9. The van der Waals surface area contributed by atoms with Crippen LogP contribution in [0.15, 0.2) is 279 Å². The van der Waals surface area contributed by atoms with Crippen molar-refractivity contribution in [1.82, 2.24) is 28.2 Å². The average Bonchev–Trinajstić information content (AvgIpc) is 4.28. The minimum absolute atomic E-state index is 0.626. The van der Waals surface area contributed by atoms with E-state index in [1.165, 1.54) is 65.5 Å². The molecule has 0 N–H and O–H groups in total. The van der Waals surface area contributed by atoms with Crippen LogP contribution < -0.4 is 0 Å². The van der Waals surface area contributed by atoms with Crippen LogP contribution in [0.1, 0.15) is 0 Å². The number of hydrogen-bond acceptors (Lipinski definition) is 2. The van der Waals surface area contributed by atoms with Crippen molar-refractivity contribution in [2.75, 3.05) is 0 Å². The Bertz CT molecular complexity index is 5350. The fourth-order valence-corrected chi connectivity index (χ4v) is 13.0. The second-order valence-electron chi connectivity index (χ2n) is 20.9. The molecule has 0 bridgehead atoms. The lowest BCUT2D eigenvalue weighted by Gasteiger charge is -2.14. The lowest BCUT2D eigenvalue weighted by molar-refractivity contribution is 1.01. The maximum Gasteiger partial charge on any atom is 0.235 e. The summed E-state index contributed by atoms with van der Waals surface area (Å²) in [6, 6.07) is 101. The van der Waals surface area contributed by atoms with Crippen LogP contribution in [0.5, 0.6) is 0 Å². The molecule has 80 heavy (non-hydrogen) atoms. The van der Waals surface area contributed by atoms with Crippen molar-refractivity contribution >= 4 is 98.1 Å². The third-order valence-electron chi connectivity index (χ3n) is 16.6. The van der Waals surface area contributed by atoms with Gasteiger partial charge >= 0.3 is 0 Å². The van der Waals surface area contributed by atoms with Crippen LogP contribution >= 0.6 is 0 Å². The van der Waals surface area contributed by atoms with Gasteiger partial charge in [-0.05, 0) is 131 Å². The SMILES string of the molecule is c1ccc(-c2nc(-n3c4ccccc4c4ccc(-c5ccc6c(c5)c5ccccc5n6-c5ccccc5)cc43)nc3ccc(-n4c5ccccc5c5cc(-c6ccc7c(c6)c6ccccc6n7-c6ccccc6)ccc54)cc23)cc1. The Balaban J connectivity index is 0.812. The summed E-state index contributed by atoms with van der Waals surface area (Å²) in [5.74, 6) is 0.626. The van der Waals surface area contributed by atoms with Crippen LogP contribution in [-0.4, -0.2) is 28.2 Å². The van der Waals surface area contributed by atoms with Gasteiger partial charge in [0.05, 0.1) is 55.3 Å². The van der Waals surface area contributed by atoms with Crippen molar-refractivity contribution in [3.8, 4) is 56.5 Å². The lowest BCUT2D eigenvalue weighted by Crippen LogP contribution is -2.04. The zero-order valence-electron chi connectivity index (χ0n) is 43.2. The van der Waals surface area contributed by atoms with Gasteiger partial charge in [-0.2, -0.15) is 0 Å². The summed E-state index contributed by atoms with van der Waals surface area (Å²) in [6.45, 7) is 0. The van der Waals surface area contributed by atoms with E-state index < -0.39 is 0 Å². The molecule has 0 amide bonds. The summed E-state index contributed by atoms with van der Waals surface area (Å²) in [4.78, 5) is 11.1. The topological polar surface area (TPSA) is 45.5 Å². The molecular formula is C74H46N6. The van der Waals surface area contributed by atoms with Crippen LogP contribution in [-0.2, 0) is 0 Å². The molecule has 6 nitrogen and oxygen atoms in total. The van der Waals surface area contributed by atoms with E-state index in [1.54, 1.807) is 0 Å². The van der Waals surface area contributed by atoms with Crippen molar-refractivity contribution in [3.05, 3.63) is 279 Å². The Morgan fingerprint density at radius 2 is 0.575 bits per heavy atom. The Labute approximate surface area is 459 Å². The Kier molecular flexibility index (Phi) is 9.61. The van der Waals surface area contributed by atoms with Crippen molar-refractivity contribution in [3.63, 3.8) is 0 Å². The van der Waals surface area contributed by atoms with Gasteiger partial charge in [0, 0.05) is 71.1 Å². The summed E-state index contributed by atoms with van der Waals surface area (Å²) in [6.07, 6.45) is 0. The van der Waals surface area contributed by atoms with Crippen LogP contribution in [0.4, 0.5) is 0 Å². The molecule has 5 heterocycles. The first kappa shape index (κ1) is 44.3. The molecule has 17 aromatic rings. The molecule has 12 aromatic carbocycles. The highest BCUT2D eigenvalue weighted by molar-refractivity contribution is 6.15. The summed E-state index contributed by atoms with van der Waals surface area (Å²) in [7, 11) is 0. The first-order valence-corrected chi connectivity index (χ1v) is 27.3. The highest BCUT2D eigenvalue weighted by Gasteiger charge is 2.22. The number of fused-ring (bicyclic) bond motifs is 13. The molecule has 17 rings (SSSR count). The van der Waals surface area contributed by atoms with Gasteiger partial charge in [-0.15, -0.1) is 0 Å². The number of hydrogen-bond donors (Lipinski definition) is 0. The number of para-hydroxylation sites is 6. The molecule has 6 heteroatoms. The largest absolute Gasteiger partial charge is 0.309 e. The van der Waals surface area contributed by atoms with Gasteiger partial charge in [-0.25, -0.2) is 9.97 Å². The fraction of sp³-hybridized carbons (Fsp3) is 0. The molecule has 0 spiro atoms. The second kappa shape index (κ2) is 17.3. The standard InChI is InChI=1S/C74H46N6/c1-4-18-47(19-5-1)73-63-46-54(79-67-30-16-13-27-58(67)62-43-49(34-41-71(62)79)48-33-39-69-60(42-48)56-25-11-14-28-65(56)77(69)52-20-6-2-7-21-52)36-38-64(63)75-74(76-73)80-68-31-17-10-24-55(68)59-37-32-51(45-72(59)80)50-35-40-70-61(44-50)57-26-12-15-29-66(57)78(70)53-22-8-3-9-23-53/h1-46H. The van der Waals surface area contributed by atoms with E-state index in [2.05, 4.69) is 297 Å². The molecule has 5 aromatic heterocycles. The molecule has 0 aliphatic carbocycles. The van der Waals surface area contributed by atoms with Gasteiger partial charge in [0.25, 0.3) is 0 Å². The number of nitrogens with zero attached hydrogens (tertiary/aromatic N) is 6. The summed E-state index contributed by atoms with van der Waals surface area (Å²) < 4.78 is 9.40. The average molecular weight is 1020 g/mol. The van der Waals surface area contributed by atoms with Gasteiger partial charge in [0.1, 0.15) is 0 Å². The molecule has 0 aliphatic heterocycles. The lowest BCUT2D eigenvalue weighted by atomic mass is 10.0. The monoisotopic (exact) mass is 1020 g/mol. The van der Waals surface area contributed by atoms with Crippen LogP contribution in [0.25, 0.3) is 155 Å². The van der Waals surface area contributed by atoms with Gasteiger partial charge in [-0.3, -0.25) is 4.57 Å². The minimum atomic E-state index is 0.626. The van der Waals surface area contributed by atoms with Gasteiger partial charge in [-0.1, -0.05) is 170 Å². The van der Waals surface area contributed by atoms with Crippen molar-refractivity contribution < 1.29 is 0 Å². The van der Waals surface area contributed by atoms with Crippen LogP contribution in [0.3, 0.4) is 0 Å². The van der Waals surface area contributed by atoms with E-state index in [0.29, 0.717) is 5.95 Å². The molecule has 0 aliphatic rings. The third-order valence-corrected chi connectivity index (χ3v) is 16.6. The van der Waals surface area contributed by atoms with Crippen molar-refractivity contribution in [2.45, 2.75) is 0 Å². The van der Waals surface area contributed by atoms with E-state index in [9.17, 15) is 0 Å². The quantitative estimate of drug-likeness (QED) is 0.160. The second-order valence-corrected chi connectivity index (χ2v) is 20.9. The fourth-order valence-electron chi connectivity index (χ4n) is 13.0. The van der Waals surface area contributed by atoms with E-state index in [0.717, 1.165) is 83.2 Å². The Morgan fingerprint density at radius 3 is 1.07 bits per heavy atom. The first-order valence-electron chi connectivity index (χ1n) is 27.3. The molecule has 0 fully saturated rings. The zero-order chi connectivity index (χ0) is 52.4. The molecule has 0 saturated heterocycles. The predicted octanol–water partition coefficient (Wildman–Crippen LogP) is 19.0. The molecular weight excluding hydrogens is 973 g/mol. The number of aromatic nitrogens is 6. The first-order chi connectivity index (χ1) is 39.7. The normalized spacial score (nSPS) is 12.0. The Hall–Kier alpha value is -10.8. The van der Waals surface area contributed by atoms with Gasteiger partial charge in [0.15, 0.2) is 0 Å². The molecule has 372 valence electrons. The molecule has 0 unspecified atom stereocenters. The predicted molar refractivity (Wildman–Crippen MR) is 333 cm³/mol. The smallest absolute Gasteiger partial charge is 0.235 e. The number of rotatable bonds is 7. The van der Waals surface area contributed by atoms with Gasteiger partial charge in [0.2, 0.25) is 5.95 Å². The van der Waals surface area contributed by atoms with E-state index in [1.807, 2.05) is 0 Å². The molecule has 0 radical (unpaired) electrons. The van der Waals surface area contributed by atoms with E-state index >= 15 is 0 Å². The van der Waals surface area contributed by atoms with Crippen molar-refractivity contribution in [1.29, 1.82) is 0 Å². The van der Waals surface area contributed by atoms with E-state index in [4.69, 9.17) is 9.97 Å². The summed E-state index contributed by atoms with van der Waals surface area (Å²) >= 11 is 0. The Morgan fingerprint density at radius 1 is 0.200 bits per heavy atom. The molecule has 0 atom stereocenters. The highest BCUT2D eigenvalue weighted by atomic mass is 15.2. The van der Waals surface area contributed by atoms with Gasteiger partial charge < -0.3 is 13.7 Å². The zero-order valence-corrected chi connectivity index (χ0v) is 43.2. The maximum absolute atomic E-state index is 5.61.